The van der Waals surface area contributed by atoms with E-state index in [9.17, 15) is 0 Å². The van der Waals surface area contributed by atoms with Gasteiger partial charge in [-0.05, 0) is 53.6 Å². The van der Waals surface area contributed by atoms with Gasteiger partial charge in [0, 0.05) is 37.5 Å². The minimum atomic E-state index is 0.521. The van der Waals surface area contributed by atoms with Gasteiger partial charge < -0.3 is 9.72 Å². The molecule has 4 rings (SSSR count). The van der Waals surface area contributed by atoms with Crippen LogP contribution >= 0.6 is 0 Å². The molecule has 0 aliphatic carbocycles. The fourth-order valence-electron chi connectivity index (χ4n) is 3.50. The molecule has 4 nitrogen and oxygen atoms in total. The fourth-order valence-corrected chi connectivity index (χ4v) is 3.50. The highest BCUT2D eigenvalue weighted by Crippen LogP contribution is 2.19. The lowest BCUT2D eigenvalue weighted by Gasteiger charge is -2.23. The van der Waals surface area contributed by atoms with Crippen LogP contribution in [0.5, 0.6) is 0 Å². The Morgan fingerprint density at radius 2 is 2.21 bits per heavy atom. The highest BCUT2D eigenvalue weighted by molar-refractivity contribution is 5.79. The molecule has 4 heteroatoms. The number of nitrogens with one attached hydrogen (secondary N) is 1. The van der Waals surface area contributed by atoms with E-state index in [0.717, 1.165) is 45.0 Å². The van der Waals surface area contributed by atoms with Gasteiger partial charge in [-0.15, -0.1) is 0 Å². The number of ether oxygens (including phenoxy) is 1. The average molecular weight is 321 g/mol. The molecule has 1 aliphatic heterocycles. The molecule has 0 unspecified atom stereocenters. The van der Waals surface area contributed by atoms with Crippen molar-refractivity contribution in [2.45, 2.75) is 13.0 Å². The number of pyridine rings is 1. The van der Waals surface area contributed by atoms with Crippen molar-refractivity contribution < 1.29 is 4.74 Å². The standard InChI is InChI=1S/C20H23N3O/c1-2-7-21-19(3-1)14-23-9-10-24-15-17(13-23)11-16-4-5-20-18(12-16)6-8-22-20/h1-8,12,17,22H,9-11,13-15H2/t17-/m0/s1. The molecule has 2 aromatic heterocycles. The summed E-state index contributed by atoms with van der Waals surface area (Å²) < 4.78 is 5.85. The number of H-pyrrole nitrogens is 1. The van der Waals surface area contributed by atoms with Crippen LogP contribution in [0.4, 0.5) is 0 Å². The predicted octanol–water partition coefficient (Wildman–Crippen LogP) is 3.25. The van der Waals surface area contributed by atoms with Crippen molar-refractivity contribution in [2.24, 2.45) is 5.92 Å². The normalized spacial score (nSPS) is 19.4. The first kappa shape index (κ1) is 15.4. The summed E-state index contributed by atoms with van der Waals surface area (Å²) in [5.41, 5.74) is 3.72. The summed E-state index contributed by atoms with van der Waals surface area (Å²) in [6, 6.07) is 15.0. The summed E-state index contributed by atoms with van der Waals surface area (Å²) in [6.45, 7) is 4.58. The van der Waals surface area contributed by atoms with Gasteiger partial charge in [-0.3, -0.25) is 9.88 Å². The lowest BCUT2D eigenvalue weighted by molar-refractivity contribution is 0.121. The second-order valence-corrected chi connectivity index (χ2v) is 6.60. The minimum Gasteiger partial charge on any atom is -0.380 e. The molecular formula is C20H23N3O. The van der Waals surface area contributed by atoms with Crippen LogP contribution in [0.1, 0.15) is 11.3 Å². The number of aromatic amines is 1. The lowest BCUT2D eigenvalue weighted by atomic mass is 9.98. The van der Waals surface area contributed by atoms with Gasteiger partial charge >= 0.3 is 0 Å². The fraction of sp³-hybridized carbons (Fsp3) is 0.350. The molecule has 3 aromatic rings. The van der Waals surface area contributed by atoms with Gasteiger partial charge in [0.25, 0.3) is 0 Å². The molecule has 1 aliphatic rings. The zero-order valence-electron chi connectivity index (χ0n) is 13.8. The summed E-state index contributed by atoms with van der Waals surface area (Å²) in [7, 11) is 0. The summed E-state index contributed by atoms with van der Waals surface area (Å²) in [5, 5.41) is 1.28. The molecule has 1 saturated heterocycles. The van der Waals surface area contributed by atoms with Crippen LogP contribution in [0.3, 0.4) is 0 Å². The van der Waals surface area contributed by atoms with Crippen LogP contribution in [0.15, 0.2) is 54.9 Å². The number of hydrogen-bond donors (Lipinski definition) is 1. The van der Waals surface area contributed by atoms with Crippen molar-refractivity contribution in [3.05, 3.63) is 66.1 Å². The zero-order valence-corrected chi connectivity index (χ0v) is 13.8. The summed E-state index contributed by atoms with van der Waals surface area (Å²) >= 11 is 0. The van der Waals surface area contributed by atoms with Crippen LogP contribution in [0.2, 0.25) is 0 Å². The topological polar surface area (TPSA) is 41.1 Å². The number of fused-ring (bicyclic) bond motifs is 1. The van der Waals surface area contributed by atoms with Gasteiger partial charge in [0.1, 0.15) is 0 Å². The van der Waals surface area contributed by atoms with Crippen LogP contribution in [-0.4, -0.2) is 41.2 Å². The second-order valence-electron chi connectivity index (χ2n) is 6.60. The van der Waals surface area contributed by atoms with E-state index in [1.807, 2.05) is 18.5 Å². The Morgan fingerprint density at radius 1 is 1.21 bits per heavy atom. The first-order chi connectivity index (χ1) is 11.9. The van der Waals surface area contributed by atoms with E-state index in [4.69, 9.17) is 4.74 Å². The minimum absolute atomic E-state index is 0.521. The van der Waals surface area contributed by atoms with Gasteiger partial charge in [-0.2, -0.15) is 0 Å². The molecule has 3 heterocycles. The molecular weight excluding hydrogens is 298 g/mol. The molecule has 1 aromatic carbocycles. The first-order valence-electron chi connectivity index (χ1n) is 8.63. The van der Waals surface area contributed by atoms with Crippen LogP contribution in [-0.2, 0) is 17.7 Å². The van der Waals surface area contributed by atoms with Gasteiger partial charge in [0.05, 0.1) is 18.9 Å². The van der Waals surface area contributed by atoms with Crippen molar-refractivity contribution in [3.63, 3.8) is 0 Å². The molecule has 0 bridgehead atoms. The maximum Gasteiger partial charge on any atom is 0.0593 e. The molecule has 1 fully saturated rings. The third kappa shape index (κ3) is 3.66. The lowest BCUT2D eigenvalue weighted by Crippen LogP contribution is -2.30. The number of aromatic nitrogens is 2. The highest BCUT2D eigenvalue weighted by Gasteiger charge is 2.19. The van der Waals surface area contributed by atoms with E-state index < -0.39 is 0 Å². The van der Waals surface area contributed by atoms with Crippen molar-refractivity contribution in [3.8, 4) is 0 Å². The quantitative estimate of drug-likeness (QED) is 0.802. The Balaban J connectivity index is 1.43. The van der Waals surface area contributed by atoms with Crippen molar-refractivity contribution >= 4 is 10.9 Å². The smallest absolute Gasteiger partial charge is 0.0593 e. The molecule has 0 spiro atoms. The second kappa shape index (κ2) is 7.16. The Hall–Kier alpha value is -2.17. The van der Waals surface area contributed by atoms with Crippen LogP contribution < -0.4 is 0 Å². The Labute approximate surface area is 142 Å². The number of benzene rings is 1. The maximum atomic E-state index is 5.85. The van der Waals surface area contributed by atoms with E-state index in [1.165, 1.54) is 16.5 Å². The van der Waals surface area contributed by atoms with Gasteiger partial charge in [-0.25, -0.2) is 0 Å². The number of hydrogen-bond acceptors (Lipinski definition) is 3. The predicted molar refractivity (Wildman–Crippen MR) is 95.8 cm³/mol. The summed E-state index contributed by atoms with van der Waals surface area (Å²) in [4.78, 5) is 10.2. The zero-order chi connectivity index (χ0) is 16.2. The third-order valence-corrected chi connectivity index (χ3v) is 4.68. The Bertz CT molecular complexity index is 784. The van der Waals surface area contributed by atoms with E-state index >= 15 is 0 Å². The van der Waals surface area contributed by atoms with E-state index in [0.29, 0.717) is 5.92 Å². The van der Waals surface area contributed by atoms with Gasteiger partial charge in [0.15, 0.2) is 0 Å². The first-order valence-corrected chi connectivity index (χ1v) is 8.63. The Morgan fingerprint density at radius 3 is 3.12 bits per heavy atom. The highest BCUT2D eigenvalue weighted by atomic mass is 16.5. The van der Waals surface area contributed by atoms with E-state index in [2.05, 4.69) is 51.3 Å². The third-order valence-electron chi connectivity index (χ3n) is 4.68. The molecule has 0 amide bonds. The molecule has 1 N–H and O–H groups in total. The largest absolute Gasteiger partial charge is 0.380 e. The molecule has 0 radical (unpaired) electrons. The molecule has 0 saturated carbocycles. The Kier molecular flexibility index (Phi) is 4.58. The molecule has 1 atom stereocenters. The van der Waals surface area contributed by atoms with Crippen molar-refractivity contribution in [1.29, 1.82) is 0 Å². The van der Waals surface area contributed by atoms with E-state index in [-0.39, 0.29) is 0 Å². The number of nitrogens with zero attached hydrogens (tertiary/aromatic N) is 2. The van der Waals surface area contributed by atoms with Crippen LogP contribution in [0, 0.1) is 5.92 Å². The van der Waals surface area contributed by atoms with Gasteiger partial charge in [-0.1, -0.05) is 12.1 Å². The summed E-state index contributed by atoms with van der Waals surface area (Å²) in [5.74, 6) is 0.521. The van der Waals surface area contributed by atoms with E-state index in [1.54, 1.807) is 0 Å². The number of rotatable bonds is 4. The SMILES string of the molecule is c1ccc(CN2CCOC[C@@H](Cc3ccc4[nH]ccc4c3)C2)nc1. The molecule has 124 valence electrons. The monoisotopic (exact) mass is 321 g/mol. The summed E-state index contributed by atoms with van der Waals surface area (Å²) in [6.07, 6.45) is 4.92. The maximum absolute atomic E-state index is 5.85. The van der Waals surface area contributed by atoms with Crippen molar-refractivity contribution in [2.75, 3.05) is 26.3 Å². The van der Waals surface area contributed by atoms with Crippen LogP contribution in [0.25, 0.3) is 10.9 Å². The van der Waals surface area contributed by atoms with Gasteiger partial charge in [0.2, 0.25) is 0 Å². The van der Waals surface area contributed by atoms with Crippen molar-refractivity contribution in [1.82, 2.24) is 14.9 Å². The molecule has 24 heavy (non-hydrogen) atoms. The average Bonchev–Trinajstić information content (AvgIpc) is 2.96.